The van der Waals surface area contributed by atoms with E-state index in [0.29, 0.717) is 10.7 Å². The van der Waals surface area contributed by atoms with Crippen molar-refractivity contribution >= 4 is 40.7 Å². The molecule has 0 atom stereocenters. The fourth-order valence-electron chi connectivity index (χ4n) is 3.12. The quantitative estimate of drug-likeness (QED) is 0.373. The second kappa shape index (κ2) is 9.71. The minimum Gasteiger partial charge on any atom is -0.491 e. The molecule has 0 unspecified atom stereocenters. The van der Waals surface area contributed by atoms with Crippen LogP contribution in [0.15, 0.2) is 73.9 Å². The summed E-state index contributed by atoms with van der Waals surface area (Å²) in [6.07, 6.45) is 1.62. The van der Waals surface area contributed by atoms with Gasteiger partial charge in [0.25, 0.3) is 11.1 Å². The van der Waals surface area contributed by atoms with Crippen LogP contribution in [0, 0.1) is 20.8 Å². The molecule has 0 spiro atoms. The molecule has 32 heavy (non-hydrogen) atoms. The Morgan fingerprint density at radius 3 is 2.53 bits per heavy atom. The minimum absolute atomic E-state index is 0.196. The van der Waals surface area contributed by atoms with E-state index in [2.05, 4.69) is 0 Å². The molecule has 4 rings (SSSR count). The number of hydrogen-bond donors (Lipinski definition) is 0. The summed E-state index contributed by atoms with van der Waals surface area (Å²) < 4.78 is 11.6. The van der Waals surface area contributed by atoms with Crippen LogP contribution in [0.2, 0.25) is 0 Å². The second-order valence-corrected chi connectivity index (χ2v) is 9.59. The summed E-state index contributed by atoms with van der Waals surface area (Å²) in [5.41, 5.74) is 3.31. The summed E-state index contributed by atoms with van der Waals surface area (Å²) in [7, 11) is 0. The zero-order chi connectivity index (χ0) is 22.7. The van der Waals surface area contributed by atoms with Gasteiger partial charge in [-0.3, -0.25) is 14.5 Å². The number of aryl methyl sites for hydroxylation is 3. The molecule has 2 amide bonds. The van der Waals surface area contributed by atoms with Crippen LogP contribution in [0.5, 0.6) is 5.75 Å². The highest BCUT2D eigenvalue weighted by Crippen LogP contribution is 2.34. The van der Waals surface area contributed by atoms with Gasteiger partial charge in [0.05, 0.1) is 11.4 Å². The van der Waals surface area contributed by atoms with Crippen molar-refractivity contribution in [1.29, 1.82) is 0 Å². The van der Waals surface area contributed by atoms with E-state index in [4.69, 9.17) is 9.15 Å². The van der Waals surface area contributed by atoms with Crippen LogP contribution in [-0.2, 0) is 4.79 Å². The number of rotatable bonds is 7. The highest BCUT2D eigenvalue weighted by molar-refractivity contribution is 8.18. The van der Waals surface area contributed by atoms with Crippen LogP contribution in [0.1, 0.15) is 22.5 Å². The second-order valence-electron chi connectivity index (χ2n) is 7.52. The Bertz CT molecular complexity index is 1180. The Labute approximate surface area is 195 Å². The van der Waals surface area contributed by atoms with Crippen molar-refractivity contribution in [2.24, 2.45) is 0 Å². The fourth-order valence-corrected chi connectivity index (χ4v) is 4.74. The number of nitrogens with zero attached hydrogens (tertiary/aromatic N) is 1. The number of thioether (sulfide) groups is 1. The fraction of sp³-hybridized carbons (Fsp3) is 0.200. The minimum atomic E-state index is -0.325. The van der Waals surface area contributed by atoms with Crippen molar-refractivity contribution < 1.29 is 18.7 Å². The van der Waals surface area contributed by atoms with Gasteiger partial charge in [-0.1, -0.05) is 41.6 Å². The van der Waals surface area contributed by atoms with Crippen molar-refractivity contribution in [3.63, 3.8) is 0 Å². The number of amides is 2. The van der Waals surface area contributed by atoms with Gasteiger partial charge in [-0.2, -0.15) is 0 Å². The Hall–Kier alpha value is -2.90. The number of furan rings is 1. The lowest BCUT2D eigenvalue weighted by Crippen LogP contribution is -2.32. The summed E-state index contributed by atoms with van der Waals surface area (Å²) in [6.45, 7) is 6.44. The summed E-state index contributed by atoms with van der Waals surface area (Å²) in [4.78, 5) is 27.7. The third kappa shape index (κ3) is 5.29. The lowest BCUT2D eigenvalue weighted by Gasteiger charge is -2.14. The highest BCUT2D eigenvalue weighted by Gasteiger charge is 2.35. The lowest BCUT2D eigenvalue weighted by molar-refractivity contribution is -0.123. The first kappa shape index (κ1) is 22.3. The molecule has 0 bridgehead atoms. The van der Waals surface area contributed by atoms with E-state index >= 15 is 0 Å². The third-order valence-corrected chi connectivity index (χ3v) is 6.74. The van der Waals surface area contributed by atoms with E-state index in [1.165, 1.54) is 22.2 Å². The van der Waals surface area contributed by atoms with E-state index in [1.807, 2.05) is 69.3 Å². The zero-order valence-corrected chi connectivity index (χ0v) is 19.7. The predicted octanol–water partition coefficient (Wildman–Crippen LogP) is 6.47. The van der Waals surface area contributed by atoms with Crippen molar-refractivity contribution in [1.82, 2.24) is 4.90 Å². The number of carbonyl (C=O) groups is 2. The summed E-state index contributed by atoms with van der Waals surface area (Å²) >= 11 is 2.43. The molecule has 0 N–H and O–H groups in total. The summed E-state index contributed by atoms with van der Waals surface area (Å²) in [5, 5.41) is 0.424. The molecule has 5 nitrogen and oxygen atoms in total. The maximum absolute atomic E-state index is 12.7. The molecule has 7 heteroatoms. The first-order chi connectivity index (χ1) is 15.4. The molecular formula is C25H23NO4S2. The van der Waals surface area contributed by atoms with E-state index in [1.54, 1.807) is 12.1 Å². The monoisotopic (exact) mass is 465 g/mol. The Morgan fingerprint density at radius 2 is 1.75 bits per heavy atom. The number of carbonyl (C=O) groups excluding carboxylic acids is 2. The zero-order valence-electron chi connectivity index (χ0n) is 18.1. The molecule has 1 fully saturated rings. The van der Waals surface area contributed by atoms with Gasteiger partial charge in [-0.25, -0.2) is 0 Å². The van der Waals surface area contributed by atoms with E-state index in [-0.39, 0.29) is 24.3 Å². The molecule has 1 saturated heterocycles. The Morgan fingerprint density at radius 1 is 1.00 bits per heavy atom. The van der Waals surface area contributed by atoms with Crippen LogP contribution in [0.3, 0.4) is 0 Å². The van der Waals surface area contributed by atoms with Crippen LogP contribution < -0.4 is 4.74 Å². The lowest BCUT2D eigenvalue weighted by atomic mass is 10.1. The van der Waals surface area contributed by atoms with Gasteiger partial charge in [0.1, 0.15) is 18.1 Å². The SMILES string of the molecule is Cc1ccc(Sc2ccc(/C=C3\SC(=O)N(CCOc4cc(C)ccc4C)C3=O)o2)cc1. The van der Waals surface area contributed by atoms with Gasteiger partial charge < -0.3 is 9.15 Å². The summed E-state index contributed by atoms with van der Waals surface area (Å²) in [6, 6.07) is 17.8. The normalized spacial score (nSPS) is 15.1. The Balaban J connectivity index is 1.37. The van der Waals surface area contributed by atoms with Gasteiger partial charge in [0.15, 0.2) is 5.09 Å². The average Bonchev–Trinajstić information content (AvgIpc) is 3.31. The molecule has 0 radical (unpaired) electrons. The van der Waals surface area contributed by atoms with Crippen LogP contribution in [0.25, 0.3) is 6.08 Å². The largest absolute Gasteiger partial charge is 0.491 e. The first-order valence-electron chi connectivity index (χ1n) is 10.2. The van der Waals surface area contributed by atoms with Gasteiger partial charge in [0.2, 0.25) is 0 Å². The highest BCUT2D eigenvalue weighted by atomic mass is 32.2. The molecule has 164 valence electrons. The Kier molecular flexibility index (Phi) is 6.77. The van der Waals surface area contributed by atoms with Crippen molar-refractivity contribution in [2.45, 2.75) is 30.8 Å². The molecule has 1 aliphatic rings. The maximum atomic E-state index is 12.7. The topological polar surface area (TPSA) is 59.8 Å². The number of benzene rings is 2. The molecule has 2 aromatic carbocycles. The van der Waals surface area contributed by atoms with Crippen molar-refractivity contribution in [2.75, 3.05) is 13.2 Å². The number of ether oxygens (including phenoxy) is 1. The molecule has 3 aromatic rings. The molecule has 0 saturated carbocycles. The smallest absolute Gasteiger partial charge is 0.293 e. The maximum Gasteiger partial charge on any atom is 0.293 e. The standard InChI is InChI=1S/C25H23NO4S2/c1-16-5-9-20(10-6-16)31-23-11-8-19(30-23)15-22-24(27)26(25(28)32-22)12-13-29-21-14-17(2)4-7-18(21)3/h4-11,14-15H,12-13H2,1-3H3/b22-15-. The number of imide groups is 1. The molecule has 2 heterocycles. The van der Waals surface area contributed by atoms with Crippen molar-refractivity contribution in [3.05, 3.63) is 82.0 Å². The first-order valence-corrected chi connectivity index (χ1v) is 11.8. The van der Waals surface area contributed by atoms with Gasteiger partial charge in [0, 0.05) is 11.0 Å². The van der Waals surface area contributed by atoms with E-state index in [0.717, 1.165) is 38.6 Å². The molecule has 0 aliphatic carbocycles. The molecule has 1 aromatic heterocycles. The summed E-state index contributed by atoms with van der Waals surface area (Å²) in [5.74, 6) is 0.979. The van der Waals surface area contributed by atoms with Crippen LogP contribution in [-0.4, -0.2) is 29.2 Å². The van der Waals surface area contributed by atoms with Crippen molar-refractivity contribution in [3.8, 4) is 5.75 Å². The molecular weight excluding hydrogens is 442 g/mol. The van der Waals surface area contributed by atoms with E-state index < -0.39 is 0 Å². The molecule has 1 aliphatic heterocycles. The average molecular weight is 466 g/mol. The van der Waals surface area contributed by atoms with Gasteiger partial charge >= 0.3 is 0 Å². The van der Waals surface area contributed by atoms with Gasteiger partial charge in [-0.05, 0) is 74.0 Å². The van der Waals surface area contributed by atoms with E-state index in [9.17, 15) is 9.59 Å². The third-order valence-electron chi connectivity index (χ3n) is 4.90. The number of hydrogen-bond acceptors (Lipinski definition) is 6. The predicted molar refractivity (Wildman–Crippen MR) is 128 cm³/mol. The van der Waals surface area contributed by atoms with Crippen LogP contribution >= 0.6 is 23.5 Å². The van der Waals surface area contributed by atoms with Crippen LogP contribution in [0.4, 0.5) is 4.79 Å². The van der Waals surface area contributed by atoms with Gasteiger partial charge in [-0.15, -0.1) is 0 Å².